The lowest BCUT2D eigenvalue weighted by Crippen LogP contribution is -2.31. The van der Waals surface area contributed by atoms with Gasteiger partial charge in [-0.05, 0) is 63.1 Å². The number of benzene rings is 2. The first-order chi connectivity index (χ1) is 14.7. The Labute approximate surface area is 178 Å². The number of fused-ring (bicyclic) bond motifs is 1. The normalized spacial score (nSPS) is 11.1. The topological polar surface area (TPSA) is 81.8 Å². The van der Waals surface area contributed by atoms with Crippen molar-refractivity contribution in [3.05, 3.63) is 81.2 Å². The van der Waals surface area contributed by atoms with E-state index in [4.69, 9.17) is 0 Å². The SMILES string of the molecule is Cc1cc(C)c(NC(=O)Cn2nc(C)c3cnn(-c4ccc(F)cc4)c3c2=O)c(C)c1. The molecule has 1 amide bonds. The third-order valence-corrected chi connectivity index (χ3v) is 5.17. The van der Waals surface area contributed by atoms with Crippen molar-refractivity contribution < 1.29 is 9.18 Å². The number of carbonyl (C=O) groups excluding carboxylic acids is 1. The first kappa shape index (κ1) is 20.5. The lowest BCUT2D eigenvalue weighted by Gasteiger charge is -2.13. The third-order valence-electron chi connectivity index (χ3n) is 5.17. The van der Waals surface area contributed by atoms with Crippen molar-refractivity contribution in [1.29, 1.82) is 0 Å². The highest BCUT2D eigenvalue weighted by Gasteiger charge is 2.17. The van der Waals surface area contributed by atoms with Gasteiger partial charge in [0.15, 0.2) is 0 Å². The van der Waals surface area contributed by atoms with Crippen LogP contribution in [0.5, 0.6) is 0 Å². The summed E-state index contributed by atoms with van der Waals surface area (Å²) in [5.74, 6) is -0.731. The van der Waals surface area contributed by atoms with Crippen LogP contribution in [0.4, 0.5) is 10.1 Å². The minimum Gasteiger partial charge on any atom is -0.324 e. The molecule has 4 aromatic rings. The Hall–Kier alpha value is -3.81. The van der Waals surface area contributed by atoms with E-state index in [1.807, 2.05) is 32.9 Å². The highest BCUT2D eigenvalue weighted by molar-refractivity contribution is 5.92. The van der Waals surface area contributed by atoms with Gasteiger partial charge in [-0.2, -0.15) is 10.2 Å². The van der Waals surface area contributed by atoms with Crippen LogP contribution >= 0.6 is 0 Å². The van der Waals surface area contributed by atoms with Crippen molar-refractivity contribution in [3.63, 3.8) is 0 Å². The molecular formula is C23H22FN5O2. The molecule has 2 aromatic carbocycles. The molecule has 0 fully saturated rings. The molecule has 7 nitrogen and oxygen atoms in total. The van der Waals surface area contributed by atoms with Gasteiger partial charge >= 0.3 is 0 Å². The molecule has 0 bridgehead atoms. The zero-order chi connectivity index (χ0) is 22.3. The van der Waals surface area contributed by atoms with Crippen LogP contribution in [0.3, 0.4) is 0 Å². The first-order valence-electron chi connectivity index (χ1n) is 9.83. The summed E-state index contributed by atoms with van der Waals surface area (Å²) in [6.45, 7) is 7.37. The number of halogens is 1. The van der Waals surface area contributed by atoms with Gasteiger partial charge in [0.2, 0.25) is 5.91 Å². The maximum atomic E-state index is 13.3. The molecule has 0 aliphatic heterocycles. The molecular weight excluding hydrogens is 397 g/mol. The number of amides is 1. The largest absolute Gasteiger partial charge is 0.324 e. The smallest absolute Gasteiger partial charge is 0.293 e. The monoisotopic (exact) mass is 419 g/mol. The molecule has 0 atom stereocenters. The number of aromatic nitrogens is 4. The summed E-state index contributed by atoms with van der Waals surface area (Å²) in [5.41, 5.74) is 4.70. The first-order valence-corrected chi connectivity index (χ1v) is 9.83. The van der Waals surface area contributed by atoms with Crippen molar-refractivity contribution in [2.45, 2.75) is 34.2 Å². The second-order valence-corrected chi connectivity index (χ2v) is 7.67. The van der Waals surface area contributed by atoms with Gasteiger partial charge in [-0.3, -0.25) is 9.59 Å². The zero-order valence-corrected chi connectivity index (χ0v) is 17.7. The van der Waals surface area contributed by atoms with Crippen LogP contribution in [-0.4, -0.2) is 25.5 Å². The Kier molecular flexibility index (Phi) is 5.14. The average molecular weight is 419 g/mol. The van der Waals surface area contributed by atoms with Gasteiger partial charge in [-0.15, -0.1) is 0 Å². The van der Waals surface area contributed by atoms with Crippen molar-refractivity contribution in [2.75, 3.05) is 5.32 Å². The van der Waals surface area contributed by atoms with E-state index in [0.717, 1.165) is 27.1 Å². The quantitative estimate of drug-likeness (QED) is 0.548. The Balaban J connectivity index is 1.71. The molecule has 2 heterocycles. The molecule has 31 heavy (non-hydrogen) atoms. The van der Waals surface area contributed by atoms with E-state index in [0.29, 0.717) is 16.8 Å². The minimum atomic E-state index is -0.449. The molecule has 1 N–H and O–H groups in total. The number of anilines is 1. The molecule has 0 spiro atoms. The Morgan fingerprint density at radius 2 is 1.71 bits per heavy atom. The second kappa shape index (κ2) is 7.79. The van der Waals surface area contributed by atoms with E-state index in [-0.39, 0.29) is 23.8 Å². The number of hydrogen-bond donors (Lipinski definition) is 1. The number of nitrogens with zero attached hydrogens (tertiary/aromatic N) is 4. The van der Waals surface area contributed by atoms with E-state index in [9.17, 15) is 14.0 Å². The second-order valence-electron chi connectivity index (χ2n) is 7.67. The van der Waals surface area contributed by atoms with E-state index in [1.54, 1.807) is 13.1 Å². The van der Waals surface area contributed by atoms with Crippen LogP contribution in [0.2, 0.25) is 0 Å². The summed E-state index contributed by atoms with van der Waals surface area (Å²) in [6.07, 6.45) is 1.55. The van der Waals surface area contributed by atoms with Crippen molar-refractivity contribution in [2.24, 2.45) is 0 Å². The maximum absolute atomic E-state index is 13.3. The van der Waals surface area contributed by atoms with Crippen LogP contribution < -0.4 is 10.9 Å². The molecule has 0 aliphatic carbocycles. The van der Waals surface area contributed by atoms with Crippen LogP contribution in [0.15, 0.2) is 47.4 Å². The van der Waals surface area contributed by atoms with Gasteiger partial charge in [0.25, 0.3) is 5.56 Å². The number of rotatable bonds is 4. The fourth-order valence-corrected chi connectivity index (χ4v) is 3.80. The summed E-state index contributed by atoms with van der Waals surface area (Å²) >= 11 is 0. The van der Waals surface area contributed by atoms with Gasteiger partial charge in [0.1, 0.15) is 17.9 Å². The summed E-state index contributed by atoms with van der Waals surface area (Å²) in [5, 5.41) is 12.0. The third kappa shape index (κ3) is 3.84. The van der Waals surface area contributed by atoms with Gasteiger partial charge in [0.05, 0.1) is 17.6 Å². The molecule has 0 aliphatic rings. The molecule has 158 valence electrons. The fourth-order valence-electron chi connectivity index (χ4n) is 3.80. The Morgan fingerprint density at radius 1 is 1.06 bits per heavy atom. The van der Waals surface area contributed by atoms with Gasteiger partial charge < -0.3 is 5.32 Å². The molecule has 4 rings (SSSR count). The molecule has 0 radical (unpaired) electrons. The molecule has 0 unspecified atom stereocenters. The number of aryl methyl sites for hydroxylation is 4. The van der Waals surface area contributed by atoms with Crippen LogP contribution in [-0.2, 0) is 11.3 Å². The van der Waals surface area contributed by atoms with Crippen molar-refractivity contribution in [3.8, 4) is 5.69 Å². The van der Waals surface area contributed by atoms with Gasteiger partial charge in [0, 0.05) is 11.1 Å². The highest BCUT2D eigenvalue weighted by atomic mass is 19.1. The van der Waals surface area contributed by atoms with E-state index in [2.05, 4.69) is 15.5 Å². The Morgan fingerprint density at radius 3 is 2.35 bits per heavy atom. The van der Waals surface area contributed by atoms with Crippen LogP contribution in [0.1, 0.15) is 22.4 Å². The summed E-state index contributed by atoms with van der Waals surface area (Å²) in [4.78, 5) is 25.9. The molecule has 8 heteroatoms. The summed E-state index contributed by atoms with van der Waals surface area (Å²) in [7, 11) is 0. The zero-order valence-electron chi connectivity index (χ0n) is 17.7. The van der Waals surface area contributed by atoms with E-state index >= 15 is 0 Å². The number of carbonyl (C=O) groups is 1. The predicted octanol–water partition coefficient (Wildman–Crippen LogP) is 3.59. The van der Waals surface area contributed by atoms with Gasteiger partial charge in [-0.25, -0.2) is 13.8 Å². The Bertz CT molecular complexity index is 1350. The molecule has 0 saturated carbocycles. The maximum Gasteiger partial charge on any atom is 0.293 e. The van der Waals surface area contributed by atoms with Crippen molar-refractivity contribution in [1.82, 2.24) is 19.6 Å². The van der Waals surface area contributed by atoms with Gasteiger partial charge in [-0.1, -0.05) is 17.7 Å². The highest BCUT2D eigenvalue weighted by Crippen LogP contribution is 2.22. The minimum absolute atomic E-state index is 0.239. The standard InChI is InChI=1S/C23H22FN5O2/c1-13-9-14(2)21(15(3)10-13)26-20(30)12-28-23(31)22-19(16(4)27-28)11-25-29(22)18-7-5-17(24)6-8-18/h5-11H,12H2,1-4H3,(H,26,30). The van der Waals surface area contributed by atoms with E-state index in [1.165, 1.54) is 28.9 Å². The number of nitrogens with one attached hydrogen (secondary N) is 1. The average Bonchev–Trinajstić information content (AvgIpc) is 3.15. The summed E-state index contributed by atoms with van der Waals surface area (Å²) in [6, 6.07) is 9.66. The molecule has 0 saturated heterocycles. The fraction of sp³-hybridized carbons (Fsp3) is 0.217. The molecule has 2 aromatic heterocycles. The summed E-state index contributed by atoms with van der Waals surface area (Å²) < 4.78 is 15.9. The predicted molar refractivity (Wildman–Crippen MR) is 117 cm³/mol. The van der Waals surface area contributed by atoms with E-state index < -0.39 is 5.56 Å². The van der Waals surface area contributed by atoms with Crippen molar-refractivity contribution >= 4 is 22.5 Å². The lowest BCUT2D eigenvalue weighted by molar-refractivity contribution is -0.117. The number of hydrogen-bond acceptors (Lipinski definition) is 4. The van der Waals surface area contributed by atoms with Crippen LogP contribution in [0, 0.1) is 33.5 Å². The van der Waals surface area contributed by atoms with Crippen LogP contribution in [0.25, 0.3) is 16.6 Å². The lowest BCUT2D eigenvalue weighted by atomic mass is 10.1.